The zero-order valence-electron chi connectivity index (χ0n) is 19.8. The number of fused-ring (bicyclic) bond motifs is 3. The molecule has 1 aromatic heterocycles. The van der Waals surface area contributed by atoms with E-state index in [1.165, 1.54) is 4.57 Å². The van der Waals surface area contributed by atoms with Crippen LogP contribution in [0, 0.1) is 0 Å². The molecule has 3 atom stereocenters. The van der Waals surface area contributed by atoms with E-state index in [0.29, 0.717) is 28.0 Å². The molecule has 1 aliphatic rings. The Labute approximate surface area is 213 Å². The molecule has 4 aromatic carbocycles. The number of amides is 1. The zero-order chi connectivity index (χ0) is 25.4. The van der Waals surface area contributed by atoms with Crippen LogP contribution >= 0.6 is 0 Å². The first-order chi connectivity index (χ1) is 18.1. The molecular formula is C31H23N3O3. The van der Waals surface area contributed by atoms with Gasteiger partial charge in [-0.05, 0) is 29.8 Å². The summed E-state index contributed by atoms with van der Waals surface area (Å²) in [5.74, 6) is -1.91. The highest BCUT2D eigenvalue weighted by atomic mass is 16.2. The Morgan fingerprint density at radius 1 is 0.703 bits per heavy atom. The number of Topliss-reactive ketones (excluding diaryl/α,β-unsaturated/α-hetero) is 1. The lowest BCUT2D eigenvalue weighted by Gasteiger charge is -2.37. The topological polar surface area (TPSA) is 81.1 Å². The van der Waals surface area contributed by atoms with Gasteiger partial charge in [0, 0.05) is 17.0 Å². The molecule has 0 saturated carbocycles. The molecule has 2 heterocycles. The molecule has 180 valence electrons. The van der Waals surface area contributed by atoms with Crippen molar-refractivity contribution in [1.82, 2.24) is 14.9 Å². The van der Waals surface area contributed by atoms with Crippen LogP contribution in [0.25, 0.3) is 11.0 Å². The molecule has 0 fully saturated rings. The van der Waals surface area contributed by atoms with E-state index in [-0.39, 0.29) is 17.6 Å². The van der Waals surface area contributed by atoms with E-state index < -0.39 is 17.9 Å². The Morgan fingerprint density at radius 2 is 1.27 bits per heavy atom. The van der Waals surface area contributed by atoms with Gasteiger partial charge in [0.2, 0.25) is 0 Å². The fraction of sp³-hybridized carbons (Fsp3) is 0.0968. The molecule has 6 nitrogen and oxygen atoms in total. The van der Waals surface area contributed by atoms with E-state index in [2.05, 4.69) is 5.32 Å². The SMILES string of the molecule is O=C(N[C@@H]1C(=O)n2c(nc3ccccc32)[C@@H](C(=O)c2ccccc2)[C@@H]1c1ccccc1)c1ccccc1. The van der Waals surface area contributed by atoms with Crippen molar-refractivity contribution in [3.05, 3.63) is 138 Å². The number of ketones is 1. The van der Waals surface area contributed by atoms with Crippen molar-refractivity contribution in [2.45, 2.75) is 17.9 Å². The lowest BCUT2D eigenvalue weighted by atomic mass is 9.74. The predicted molar refractivity (Wildman–Crippen MR) is 141 cm³/mol. The number of benzene rings is 4. The molecule has 37 heavy (non-hydrogen) atoms. The molecule has 1 N–H and O–H groups in total. The second-order valence-electron chi connectivity index (χ2n) is 9.09. The average Bonchev–Trinajstić information content (AvgIpc) is 3.35. The number of hydrogen-bond acceptors (Lipinski definition) is 4. The number of aromatic nitrogens is 2. The lowest BCUT2D eigenvalue weighted by Crippen LogP contribution is -2.53. The van der Waals surface area contributed by atoms with Crippen molar-refractivity contribution in [2.75, 3.05) is 0 Å². The van der Waals surface area contributed by atoms with Crippen LogP contribution in [0.3, 0.4) is 0 Å². The number of nitrogens with zero attached hydrogens (tertiary/aromatic N) is 2. The number of rotatable bonds is 5. The number of imidazole rings is 1. The molecule has 0 bridgehead atoms. The maximum Gasteiger partial charge on any atom is 0.255 e. The normalized spacial score (nSPS) is 18.8. The van der Waals surface area contributed by atoms with Gasteiger partial charge in [0.25, 0.3) is 11.8 Å². The second kappa shape index (κ2) is 9.32. The second-order valence-corrected chi connectivity index (χ2v) is 9.09. The summed E-state index contributed by atoms with van der Waals surface area (Å²) in [4.78, 5) is 46.4. The number of carbonyl (C=O) groups excluding carboxylic acids is 3. The molecular weight excluding hydrogens is 462 g/mol. The average molecular weight is 486 g/mol. The minimum absolute atomic E-state index is 0.155. The molecule has 6 rings (SSSR count). The van der Waals surface area contributed by atoms with Crippen LogP contribution in [0.15, 0.2) is 115 Å². The fourth-order valence-corrected chi connectivity index (χ4v) is 5.22. The molecule has 0 unspecified atom stereocenters. The molecule has 5 aromatic rings. The van der Waals surface area contributed by atoms with Crippen molar-refractivity contribution in [3.63, 3.8) is 0 Å². The summed E-state index contributed by atoms with van der Waals surface area (Å²) in [7, 11) is 0. The Morgan fingerprint density at radius 3 is 1.95 bits per heavy atom. The summed E-state index contributed by atoms with van der Waals surface area (Å²) in [6, 6.07) is 33.5. The minimum atomic E-state index is -0.988. The van der Waals surface area contributed by atoms with Gasteiger partial charge in [0.1, 0.15) is 11.9 Å². The van der Waals surface area contributed by atoms with Gasteiger partial charge in [-0.15, -0.1) is 0 Å². The molecule has 0 radical (unpaired) electrons. The van der Waals surface area contributed by atoms with Gasteiger partial charge >= 0.3 is 0 Å². The number of nitrogens with one attached hydrogen (secondary N) is 1. The maximum atomic E-state index is 14.2. The van der Waals surface area contributed by atoms with E-state index in [1.807, 2.05) is 78.9 Å². The van der Waals surface area contributed by atoms with Crippen LogP contribution in [0.4, 0.5) is 0 Å². The molecule has 0 aliphatic carbocycles. The highest BCUT2D eigenvalue weighted by molar-refractivity contribution is 6.07. The summed E-state index contributed by atoms with van der Waals surface area (Å²) in [6.07, 6.45) is 0. The van der Waals surface area contributed by atoms with Crippen molar-refractivity contribution in [2.24, 2.45) is 0 Å². The Kier molecular flexibility index (Phi) is 5.69. The third kappa shape index (κ3) is 3.93. The van der Waals surface area contributed by atoms with Crippen molar-refractivity contribution >= 4 is 28.6 Å². The van der Waals surface area contributed by atoms with E-state index in [0.717, 1.165) is 5.56 Å². The monoisotopic (exact) mass is 485 g/mol. The lowest BCUT2D eigenvalue weighted by molar-refractivity contribution is 0.0727. The van der Waals surface area contributed by atoms with Crippen LogP contribution in [-0.4, -0.2) is 33.2 Å². The summed E-state index contributed by atoms with van der Waals surface area (Å²) < 4.78 is 1.51. The Balaban J connectivity index is 1.57. The molecule has 1 amide bonds. The highest BCUT2D eigenvalue weighted by Gasteiger charge is 2.49. The summed E-state index contributed by atoms with van der Waals surface area (Å²) in [6.45, 7) is 0. The maximum absolute atomic E-state index is 14.2. The number of carbonyl (C=O) groups is 3. The van der Waals surface area contributed by atoms with Crippen molar-refractivity contribution in [3.8, 4) is 0 Å². The molecule has 0 saturated heterocycles. The van der Waals surface area contributed by atoms with E-state index in [4.69, 9.17) is 4.98 Å². The molecule has 6 heteroatoms. The van der Waals surface area contributed by atoms with Gasteiger partial charge in [-0.1, -0.05) is 91.0 Å². The van der Waals surface area contributed by atoms with Gasteiger partial charge in [0.15, 0.2) is 5.78 Å². The smallest absolute Gasteiger partial charge is 0.255 e. The van der Waals surface area contributed by atoms with E-state index >= 15 is 0 Å². The van der Waals surface area contributed by atoms with Gasteiger partial charge in [0.05, 0.1) is 17.0 Å². The first-order valence-corrected chi connectivity index (χ1v) is 12.1. The van der Waals surface area contributed by atoms with Crippen molar-refractivity contribution in [1.29, 1.82) is 0 Å². The Hall–Kier alpha value is -4.84. The van der Waals surface area contributed by atoms with Crippen LogP contribution in [0.2, 0.25) is 0 Å². The molecule has 0 spiro atoms. The van der Waals surface area contributed by atoms with Crippen molar-refractivity contribution < 1.29 is 14.4 Å². The highest BCUT2D eigenvalue weighted by Crippen LogP contribution is 2.43. The number of para-hydroxylation sites is 2. The summed E-state index contributed by atoms with van der Waals surface area (Å²) in [5.41, 5.74) is 2.98. The quantitative estimate of drug-likeness (QED) is 0.345. The largest absolute Gasteiger partial charge is 0.340 e. The van der Waals surface area contributed by atoms with E-state index in [9.17, 15) is 14.4 Å². The summed E-state index contributed by atoms with van der Waals surface area (Å²) >= 11 is 0. The minimum Gasteiger partial charge on any atom is -0.340 e. The fourth-order valence-electron chi connectivity index (χ4n) is 5.22. The van der Waals surface area contributed by atoms with Gasteiger partial charge < -0.3 is 5.32 Å². The molecule has 1 aliphatic heterocycles. The van der Waals surface area contributed by atoms with Crippen LogP contribution in [0.5, 0.6) is 0 Å². The van der Waals surface area contributed by atoms with E-state index in [1.54, 1.807) is 36.4 Å². The van der Waals surface area contributed by atoms with Gasteiger partial charge in [-0.3, -0.25) is 19.0 Å². The zero-order valence-corrected chi connectivity index (χ0v) is 19.8. The Bertz CT molecular complexity index is 1610. The third-order valence-electron chi connectivity index (χ3n) is 6.92. The van der Waals surface area contributed by atoms with Gasteiger partial charge in [-0.2, -0.15) is 0 Å². The van der Waals surface area contributed by atoms with Crippen LogP contribution < -0.4 is 5.32 Å². The predicted octanol–water partition coefficient (Wildman–Crippen LogP) is 5.24. The summed E-state index contributed by atoms with van der Waals surface area (Å²) in [5, 5.41) is 2.98. The standard InChI is InChI=1S/C31H23N3O3/c35-28(21-14-6-2-7-15-21)26-25(20-12-4-1-5-13-20)27(33-30(36)22-16-8-3-9-17-22)31(37)34-24-19-11-10-18-23(24)32-29(26)34/h1-19,25-27H,(H,33,36)/t25-,26+,27-/m0/s1. The number of hydrogen-bond donors (Lipinski definition) is 1. The third-order valence-corrected chi connectivity index (χ3v) is 6.92. The van der Waals surface area contributed by atoms with Gasteiger partial charge in [-0.25, -0.2) is 4.98 Å². The first kappa shape index (κ1) is 22.6. The van der Waals surface area contributed by atoms with Crippen LogP contribution in [0.1, 0.15) is 48.7 Å². The first-order valence-electron chi connectivity index (χ1n) is 12.1. The van der Waals surface area contributed by atoms with Crippen LogP contribution in [-0.2, 0) is 0 Å².